The number of cyclic esters (lactones) is 1. The molecule has 0 aromatic heterocycles. The van der Waals surface area contributed by atoms with Crippen LogP contribution in [-0.2, 0) is 9.53 Å². The molecule has 2 rings (SSSR count). The smallest absolute Gasteiger partial charge is 0.337 e. The number of carbonyl (C=O) groups excluding carboxylic acids is 1. The molecule has 0 radical (unpaired) electrons. The van der Waals surface area contributed by atoms with Crippen molar-refractivity contribution < 1.29 is 24.2 Å². The molecule has 0 unspecified atom stereocenters. The van der Waals surface area contributed by atoms with Crippen molar-refractivity contribution in [1.82, 2.24) is 0 Å². The molecule has 0 amide bonds. The highest BCUT2D eigenvalue weighted by Crippen LogP contribution is 2.24. The highest BCUT2D eigenvalue weighted by molar-refractivity contribution is 5.95. The maximum atomic E-state index is 11.3. The standard InChI is InChI=1S/C12H13NO5/c1-17-7-2-3-9(8(6-7)11(14)15)13-10-4-5-18-12(10)16/h2-3,6,10,13H,4-5H2,1H3,(H,14,15)/t10-/m1/s1. The first-order chi connectivity index (χ1) is 8.61. The molecule has 18 heavy (non-hydrogen) atoms. The van der Waals surface area contributed by atoms with E-state index in [4.69, 9.17) is 14.6 Å². The summed E-state index contributed by atoms with van der Waals surface area (Å²) in [5.41, 5.74) is 0.446. The van der Waals surface area contributed by atoms with Crippen molar-refractivity contribution in [3.8, 4) is 5.75 Å². The predicted molar refractivity (Wildman–Crippen MR) is 62.9 cm³/mol. The summed E-state index contributed by atoms with van der Waals surface area (Å²) in [7, 11) is 1.46. The van der Waals surface area contributed by atoms with Crippen molar-refractivity contribution >= 4 is 17.6 Å². The molecule has 0 saturated carbocycles. The summed E-state index contributed by atoms with van der Waals surface area (Å²) in [6.07, 6.45) is 0.532. The second kappa shape index (κ2) is 4.95. The van der Waals surface area contributed by atoms with E-state index in [9.17, 15) is 9.59 Å². The van der Waals surface area contributed by atoms with Crippen molar-refractivity contribution in [3.63, 3.8) is 0 Å². The average molecular weight is 251 g/mol. The molecule has 96 valence electrons. The quantitative estimate of drug-likeness (QED) is 0.780. The molecule has 0 spiro atoms. The number of carboxylic acids is 1. The third-order valence-electron chi connectivity index (χ3n) is 2.72. The zero-order valence-corrected chi connectivity index (χ0v) is 9.80. The van der Waals surface area contributed by atoms with E-state index in [1.807, 2.05) is 0 Å². The number of carboxylic acid groups (broad SMARTS) is 1. The van der Waals surface area contributed by atoms with E-state index in [1.54, 1.807) is 12.1 Å². The summed E-state index contributed by atoms with van der Waals surface area (Å²) < 4.78 is 9.78. The van der Waals surface area contributed by atoms with Crippen LogP contribution >= 0.6 is 0 Å². The van der Waals surface area contributed by atoms with Crippen LogP contribution in [-0.4, -0.2) is 36.8 Å². The van der Waals surface area contributed by atoms with Crippen LogP contribution < -0.4 is 10.1 Å². The second-order valence-electron chi connectivity index (χ2n) is 3.87. The lowest BCUT2D eigenvalue weighted by Crippen LogP contribution is -2.25. The summed E-state index contributed by atoms with van der Waals surface area (Å²) in [4.78, 5) is 22.5. The maximum absolute atomic E-state index is 11.3. The molecular formula is C12H13NO5. The second-order valence-corrected chi connectivity index (χ2v) is 3.87. The van der Waals surface area contributed by atoms with Gasteiger partial charge in [-0.05, 0) is 18.2 Å². The summed E-state index contributed by atoms with van der Waals surface area (Å²) >= 11 is 0. The van der Waals surface area contributed by atoms with E-state index >= 15 is 0 Å². The van der Waals surface area contributed by atoms with Crippen LogP contribution in [0.15, 0.2) is 18.2 Å². The van der Waals surface area contributed by atoms with E-state index < -0.39 is 12.0 Å². The first-order valence-corrected chi connectivity index (χ1v) is 5.46. The first kappa shape index (κ1) is 12.2. The van der Waals surface area contributed by atoms with Crippen LogP contribution in [0.2, 0.25) is 0 Å². The van der Waals surface area contributed by atoms with Gasteiger partial charge in [0.15, 0.2) is 0 Å². The molecule has 1 aromatic carbocycles. The molecule has 1 aliphatic heterocycles. The SMILES string of the molecule is COc1ccc(N[C@@H]2CCOC2=O)c(C(=O)O)c1. The Morgan fingerprint density at radius 2 is 2.33 bits per heavy atom. The van der Waals surface area contributed by atoms with Crippen molar-refractivity contribution in [1.29, 1.82) is 0 Å². The highest BCUT2D eigenvalue weighted by Gasteiger charge is 2.27. The normalized spacial score (nSPS) is 18.3. The Balaban J connectivity index is 2.26. The van der Waals surface area contributed by atoms with Gasteiger partial charge in [-0.25, -0.2) is 9.59 Å². The minimum absolute atomic E-state index is 0.0639. The zero-order valence-electron chi connectivity index (χ0n) is 9.80. The van der Waals surface area contributed by atoms with Crippen LogP contribution in [0.1, 0.15) is 16.8 Å². The van der Waals surface area contributed by atoms with E-state index in [2.05, 4.69) is 5.32 Å². The van der Waals surface area contributed by atoms with Gasteiger partial charge < -0.3 is 19.9 Å². The molecule has 1 atom stereocenters. The van der Waals surface area contributed by atoms with Crippen molar-refractivity contribution in [2.24, 2.45) is 0 Å². The van der Waals surface area contributed by atoms with Crippen LogP contribution in [0.3, 0.4) is 0 Å². The zero-order chi connectivity index (χ0) is 13.1. The summed E-state index contributed by atoms with van der Waals surface area (Å²) in [6, 6.07) is 4.13. The van der Waals surface area contributed by atoms with E-state index in [0.29, 0.717) is 24.5 Å². The molecule has 1 aliphatic rings. The van der Waals surface area contributed by atoms with Gasteiger partial charge in [-0.1, -0.05) is 0 Å². The third kappa shape index (κ3) is 2.37. The minimum atomic E-state index is -1.08. The van der Waals surface area contributed by atoms with Crippen LogP contribution in [0, 0.1) is 0 Å². The van der Waals surface area contributed by atoms with Gasteiger partial charge in [0, 0.05) is 12.1 Å². The molecule has 1 aromatic rings. The van der Waals surface area contributed by atoms with E-state index in [0.717, 1.165) is 0 Å². The molecular weight excluding hydrogens is 238 g/mol. The Morgan fingerprint density at radius 3 is 2.89 bits per heavy atom. The average Bonchev–Trinajstić information content (AvgIpc) is 2.75. The van der Waals surface area contributed by atoms with Crippen molar-refractivity contribution in [2.45, 2.75) is 12.5 Å². The van der Waals surface area contributed by atoms with Gasteiger partial charge in [0.05, 0.1) is 19.3 Å². The molecule has 2 N–H and O–H groups in total. The van der Waals surface area contributed by atoms with Gasteiger partial charge in [0.1, 0.15) is 11.8 Å². The number of nitrogens with one attached hydrogen (secondary N) is 1. The van der Waals surface area contributed by atoms with Crippen molar-refractivity contribution in [3.05, 3.63) is 23.8 Å². The predicted octanol–water partition coefficient (Wildman–Crippen LogP) is 1.12. The number of benzene rings is 1. The van der Waals surface area contributed by atoms with Gasteiger partial charge in [-0.2, -0.15) is 0 Å². The maximum Gasteiger partial charge on any atom is 0.337 e. The Morgan fingerprint density at radius 1 is 1.56 bits per heavy atom. The number of anilines is 1. The van der Waals surface area contributed by atoms with Gasteiger partial charge in [-0.15, -0.1) is 0 Å². The lowest BCUT2D eigenvalue weighted by Gasteiger charge is -2.13. The van der Waals surface area contributed by atoms with E-state index in [1.165, 1.54) is 13.2 Å². The lowest BCUT2D eigenvalue weighted by molar-refractivity contribution is -0.138. The molecule has 6 nitrogen and oxygen atoms in total. The molecule has 0 bridgehead atoms. The fourth-order valence-corrected chi connectivity index (χ4v) is 1.77. The van der Waals surface area contributed by atoms with E-state index in [-0.39, 0.29) is 11.5 Å². The van der Waals surface area contributed by atoms with Gasteiger partial charge >= 0.3 is 11.9 Å². The Hall–Kier alpha value is -2.24. The number of ether oxygens (including phenoxy) is 2. The minimum Gasteiger partial charge on any atom is -0.497 e. The highest BCUT2D eigenvalue weighted by atomic mass is 16.5. The number of aromatic carboxylic acids is 1. The van der Waals surface area contributed by atoms with Gasteiger partial charge in [-0.3, -0.25) is 0 Å². The largest absolute Gasteiger partial charge is 0.497 e. The summed E-state index contributed by atoms with van der Waals surface area (Å²) in [6.45, 7) is 0.356. The summed E-state index contributed by atoms with van der Waals surface area (Å²) in [5, 5.41) is 12.0. The lowest BCUT2D eigenvalue weighted by atomic mass is 10.1. The molecule has 1 saturated heterocycles. The third-order valence-corrected chi connectivity index (χ3v) is 2.72. The fourth-order valence-electron chi connectivity index (χ4n) is 1.77. The molecule has 1 fully saturated rings. The summed E-state index contributed by atoms with van der Waals surface area (Å²) in [5.74, 6) is -0.989. The number of methoxy groups -OCH3 is 1. The Bertz CT molecular complexity index is 485. The Kier molecular flexibility index (Phi) is 3.36. The van der Waals surface area contributed by atoms with Crippen LogP contribution in [0.5, 0.6) is 5.75 Å². The van der Waals surface area contributed by atoms with Gasteiger partial charge in [0.2, 0.25) is 0 Å². The number of carbonyl (C=O) groups is 2. The first-order valence-electron chi connectivity index (χ1n) is 5.46. The van der Waals surface area contributed by atoms with Crippen molar-refractivity contribution in [2.75, 3.05) is 19.0 Å². The topological polar surface area (TPSA) is 84.9 Å². The number of esters is 1. The fraction of sp³-hybridized carbons (Fsp3) is 0.333. The monoisotopic (exact) mass is 251 g/mol. The number of hydrogen-bond donors (Lipinski definition) is 2. The van der Waals surface area contributed by atoms with Gasteiger partial charge in [0.25, 0.3) is 0 Å². The molecule has 6 heteroatoms. The van der Waals surface area contributed by atoms with Crippen LogP contribution in [0.25, 0.3) is 0 Å². The molecule has 1 heterocycles. The molecule has 0 aliphatic carbocycles. The Labute approximate surface area is 104 Å². The number of rotatable bonds is 4. The van der Waals surface area contributed by atoms with Crippen LogP contribution in [0.4, 0.5) is 5.69 Å². The number of hydrogen-bond acceptors (Lipinski definition) is 5.